The first kappa shape index (κ1) is 17.6. The van der Waals surface area contributed by atoms with Crippen molar-refractivity contribution in [2.75, 3.05) is 16.3 Å². The molecule has 1 amide bonds. The lowest BCUT2D eigenvalue weighted by atomic mass is 10.2. The SMILES string of the molecule is CC(=O)N(c1nc(CN2CCc3ccccc32)cs1)c1ccc(F)cc1F. The average molecular weight is 385 g/mol. The predicted molar refractivity (Wildman–Crippen MR) is 102 cm³/mol. The molecule has 0 fully saturated rings. The third-order valence-electron chi connectivity index (χ3n) is 4.53. The number of halogens is 2. The Bertz CT molecular complexity index is 1000. The lowest BCUT2D eigenvalue weighted by Gasteiger charge is -2.19. The van der Waals surface area contributed by atoms with Crippen molar-refractivity contribution in [3.63, 3.8) is 0 Å². The summed E-state index contributed by atoms with van der Waals surface area (Å²) in [6.45, 7) is 2.86. The second-order valence-electron chi connectivity index (χ2n) is 6.37. The zero-order valence-corrected chi connectivity index (χ0v) is 15.5. The van der Waals surface area contributed by atoms with Crippen molar-refractivity contribution in [1.82, 2.24) is 4.98 Å². The molecular formula is C20H17F2N3OS. The molecule has 1 aliphatic heterocycles. The molecule has 0 spiro atoms. The Morgan fingerprint density at radius 3 is 2.85 bits per heavy atom. The van der Waals surface area contributed by atoms with Crippen LogP contribution in [0.5, 0.6) is 0 Å². The van der Waals surface area contributed by atoms with Gasteiger partial charge < -0.3 is 4.90 Å². The number of hydrogen-bond donors (Lipinski definition) is 0. The maximum Gasteiger partial charge on any atom is 0.230 e. The van der Waals surface area contributed by atoms with Crippen LogP contribution >= 0.6 is 11.3 Å². The number of carbonyl (C=O) groups is 1. The zero-order valence-electron chi connectivity index (χ0n) is 14.7. The van der Waals surface area contributed by atoms with Crippen LogP contribution in [0.1, 0.15) is 18.2 Å². The predicted octanol–water partition coefficient (Wildman–Crippen LogP) is 4.67. The van der Waals surface area contributed by atoms with E-state index in [2.05, 4.69) is 22.0 Å². The van der Waals surface area contributed by atoms with Gasteiger partial charge in [-0.15, -0.1) is 11.3 Å². The number of fused-ring (bicyclic) bond motifs is 1. The smallest absolute Gasteiger partial charge is 0.230 e. The number of amides is 1. The molecule has 4 nitrogen and oxygen atoms in total. The van der Waals surface area contributed by atoms with E-state index in [-0.39, 0.29) is 11.6 Å². The van der Waals surface area contributed by atoms with E-state index >= 15 is 0 Å². The molecule has 0 atom stereocenters. The van der Waals surface area contributed by atoms with Crippen molar-refractivity contribution in [1.29, 1.82) is 0 Å². The van der Waals surface area contributed by atoms with Crippen molar-refractivity contribution < 1.29 is 13.6 Å². The minimum Gasteiger partial charge on any atom is -0.365 e. The van der Waals surface area contributed by atoms with Crippen molar-refractivity contribution in [2.24, 2.45) is 0 Å². The van der Waals surface area contributed by atoms with Crippen molar-refractivity contribution >= 4 is 33.8 Å². The summed E-state index contributed by atoms with van der Waals surface area (Å²) in [5, 5.41) is 2.24. The molecule has 2 heterocycles. The molecule has 1 aromatic heterocycles. The molecule has 27 heavy (non-hydrogen) atoms. The number of para-hydroxylation sites is 1. The highest BCUT2D eigenvalue weighted by Crippen LogP contribution is 2.33. The summed E-state index contributed by atoms with van der Waals surface area (Å²) in [6.07, 6.45) is 0.994. The van der Waals surface area contributed by atoms with Crippen LogP contribution in [0.25, 0.3) is 0 Å². The van der Waals surface area contributed by atoms with Crippen LogP contribution in [0.2, 0.25) is 0 Å². The van der Waals surface area contributed by atoms with Gasteiger partial charge in [0.15, 0.2) is 5.13 Å². The molecule has 0 unspecified atom stereocenters. The Morgan fingerprint density at radius 1 is 1.26 bits per heavy atom. The number of nitrogens with zero attached hydrogens (tertiary/aromatic N) is 3. The minimum atomic E-state index is -0.796. The summed E-state index contributed by atoms with van der Waals surface area (Å²) >= 11 is 1.27. The molecule has 138 valence electrons. The van der Waals surface area contributed by atoms with E-state index in [0.29, 0.717) is 11.7 Å². The van der Waals surface area contributed by atoms with Gasteiger partial charge >= 0.3 is 0 Å². The molecule has 0 aliphatic carbocycles. The van der Waals surface area contributed by atoms with Gasteiger partial charge in [0.1, 0.15) is 11.6 Å². The van der Waals surface area contributed by atoms with Crippen LogP contribution < -0.4 is 9.80 Å². The topological polar surface area (TPSA) is 36.4 Å². The van der Waals surface area contributed by atoms with E-state index < -0.39 is 11.6 Å². The summed E-state index contributed by atoms with van der Waals surface area (Å²) in [6, 6.07) is 11.4. The maximum absolute atomic E-state index is 14.2. The van der Waals surface area contributed by atoms with Gasteiger partial charge in [0, 0.05) is 30.6 Å². The number of thiazole rings is 1. The average Bonchev–Trinajstić information content (AvgIpc) is 3.25. The Morgan fingerprint density at radius 2 is 2.07 bits per heavy atom. The van der Waals surface area contributed by atoms with Gasteiger partial charge in [-0.1, -0.05) is 18.2 Å². The fourth-order valence-electron chi connectivity index (χ4n) is 3.31. The lowest BCUT2D eigenvalue weighted by molar-refractivity contribution is -0.115. The van der Waals surface area contributed by atoms with Crippen molar-refractivity contribution in [2.45, 2.75) is 19.9 Å². The molecule has 7 heteroatoms. The van der Waals surface area contributed by atoms with E-state index in [9.17, 15) is 13.6 Å². The molecule has 0 saturated carbocycles. The van der Waals surface area contributed by atoms with Crippen LogP contribution in [0.3, 0.4) is 0 Å². The summed E-state index contributed by atoms with van der Waals surface area (Å²) in [5.41, 5.74) is 3.31. The second-order valence-corrected chi connectivity index (χ2v) is 7.21. The second kappa shape index (κ2) is 7.08. The highest BCUT2D eigenvalue weighted by Gasteiger charge is 2.23. The first-order chi connectivity index (χ1) is 13.0. The van der Waals surface area contributed by atoms with E-state index in [1.165, 1.54) is 40.5 Å². The Hall–Kier alpha value is -2.80. The number of anilines is 3. The standard InChI is InChI=1S/C20H17F2N3OS/c1-13(26)25(19-7-6-15(21)10-17(19)22)20-23-16(12-27-20)11-24-9-8-14-4-2-3-5-18(14)24/h2-7,10,12H,8-9,11H2,1H3. The summed E-state index contributed by atoms with van der Waals surface area (Å²) in [7, 11) is 0. The molecule has 0 bridgehead atoms. The van der Waals surface area contributed by atoms with Crippen LogP contribution in [-0.4, -0.2) is 17.4 Å². The monoisotopic (exact) mass is 385 g/mol. The third-order valence-corrected chi connectivity index (χ3v) is 5.41. The molecule has 0 N–H and O–H groups in total. The van der Waals surface area contributed by atoms with Gasteiger partial charge in [-0.2, -0.15) is 0 Å². The number of rotatable bonds is 4. The molecular weight excluding hydrogens is 368 g/mol. The highest BCUT2D eigenvalue weighted by atomic mass is 32.1. The van der Waals surface area contributed by atoms with Gasteiger partial charge in [-0.3, -0.25) is 9.69 Å². The fourth-order valence-corrected chi connectivity index (χ4v) is 4.18. The van der Waals surface area contributed by atoms with Crippen molar-refractivity contribution in [3.8, 4) is 0 Å². The van der Waals surface area contributed by atoms with E-state index in [1.54, 1.807) is 0 Å². The van der Waals surface area contributed by atoms with Crippen molar-refractivity contribution in [3.05, 3.63) is 70.7 Å². The van der Waals surface area contributed by atoms with Gasteiger partial charge in [-0.25, -0.2) is 13.8 Å². The van der Waals surface area contributed by atoms with Crippen LogP contribution in [0.15, 0.2) is 47.8 Å². The minimum absolute atomic E-state index is 0.00341. The molecule has 2 aromatic carbocycles. The van der Waals surface area contributed by atoms with E-state index in [1.807, 2.05) is 17.5 Å². The van der Waals surface area contributed by atoms with Gasteiger partial charge in [0.2, 0.25) is 5.91 Å². The summed E-state index contributed by atoms with van der Waals surface area (Å²) in [4.78, 5) is 20.1. The van der Waals surface area contributed by atoms with E-state index in [4.69, 9.17) is 0 Å². The van der Waals surface area contributed by atoms with Gasteiger partial charge in [0.05, 0.1) is 17.9 Å². The van der Waals surface area contributed by atoms with Crippen LogP contribution in [-0.2, 0) is 17.8 Å². The van der Waals surface area contributed by atoms with Crippen LogP contribution in [0.4, 0.5) is 25.3 Å². The van der Waals surface area contributed by atoms with Gasteiger partial charge in [0.25, 0.3) is 0 Å². The van der Waals surface area contributed by atoms with Gasteiger partial charge in [-0.05, 0) is 30.2 Å². The zero-order chi connectivity index (χ0) is 19.0. The van der Waals surface area contributed by atoms with E-state index in [0.717, 1.165) is 30.8 Å². The molecule has 1 aliphatic rings. The molecule has 0 saturated heterocycles. The highest BCUT2D eigenvalue weighted by molar-refractivity contribution is 7.14. The maximum atomic E-state index is 14.2. The normalized spacial score (nSPS) is 12.9. The fraction of sp³-hybridized carbons (Fsp3) is 0.200. The lowest BCUT2D eigenvalue weighted by Crippen LogP contribution is -2.24. The molecule has 0 radical (unpaired) electrons. The van der Waals surface area contributed by atoms with Crippen LogP contribution in [0, 0.1) is 11.6 Å². The Labute approximate surface area is 159 Å². The first-order valence-electron chi connectivity index (χ1n) is 8.56. The summed E-state index contributed by atoms with van der Waals surface area (Å²) in [5.74, 6) is -1.87. The Kier molecular flexibility index (Phi) is 4.61. The number of benzene rings is 2. The molecule has 3 aromatic rings. The third kappa shape index (κ3) is 3.42. The number of hydrogen-bond acceptors (Lipinski definition) is 4. The largest absolute Gasteiger partial charge is 0.365 e. The number of aromatic nitrogens is 1. The Balaban J connectivity index is 1.60. The quantitative estimate of drug-likeness (QED) is 0.655. The molecule has 4 rings (SSSR count). The summed E-state index contributed by atoms with van der Waals surface area (Å²) < 4.78 is 27.4. The first-order valence-corrected chi connectivity index (χ1v) is 9.44. The number of carbonyl (C=O) groups excluding carboxylic acids is 1.